The Morgan fingerprint density at radius 2 is 1.83 bits per heavy atom. The van der Waals surface area contributed by atoms with Gasteiger partial charge >= 0.3 is 0 Å². The Morgan fingerprint density at radius 1 is 1.10 bits per heavy atom. The number of benzene rings is 1. The maximum absolute atomic E-state index is 12.7. The molecule has 1 aromatic carbocycles. The second-order valence-corrected chi connectivity index (χ2v) is 8.81. The van der Waals surface area contributed by atoms with Gasteiger partial charge in [0.2, 0.25) is 0 Å². The molecule has 0 fully saturated rings. The summed E-state index contributed by atoms with van der Waals surface area (Å²) >= 11 is 0. The Bertz CT molecular complexity index is 967. The van der Waals surface area contributed by atoms with E-state index in [4.69, 9.17) is 4.42 Å². The van der Waals surface area contributed by atoms with Crippen molar-refractivity contribution in [1.29, 1.82) is 0 Å². The molecule has 2 heterocycles. The van der Waals surface area contributed by atoms with Crippen LogP contribution in [0, 0.1) is 6.92 Å². The number of oxazole rings is 1. The van der Waals surface area contributed by atoms with E-state index < -0.39 is 0 Å². The minimum absolute atomic E-state index is 0.0167. The molecule has 0 amide bonds. The fourth-order valence-corrected chi connectivity index (χ4v) is 3.57. The van der Waals surface area contributed by atoms with Gasteiger partial charge in [-0.15, -0.1) is 0 Å². The number of rotatable bonds is 8. The van der Waals surface area contributed by atoms with Gasteiger partial charge in [0.25, 0.3) is 0 Å². The lowest BCUT2D eigenvalue weighted by molar-refractivity contribution is -0.118. The molecule has 0 aliphatic carbocycles. The van der Waals surface area contributed by atoms with Gasteiger partial charge in [-0.25, -0.2) is 4.98 Å². The van der Waals surface area contributed by atoms with Gasteiger partial charge in [-0.2, -0.15) is 0 Å². The van der Waals surface area contributed by atoms with E-state index in [-0.39, 0.29) is 23.7 Å². The third kappa shape index (κ3) is 5.42. The van der Waals surface area contributed by atoms with E-state index in [0.717, 1.165) is 22.5 Å². The highest BCUT2D eigenvalue weighted by Crippen LogP contribution is 2.27. The van der Waals surface area contributed by atoms with Gasteiger partial charge in [0.15, 0.2) is 12.2 Å². The molecule has 3 rings (SSSR count). The second kappa shape index (κ2) is 9.35. The van der Waals surface area contributed by atoms with Crippen LogP contribution in [0.25, 0.3) is 11.3 Å². The van der Waals surface area contributed by atoms with Crippen molar-refractivity contribution < 1.29 is 14.3 Å². The lowest BCUT2D eigenvalue weighted by atomic mass is 9.86. The summed E-state index contributed by atoms with van der Waals surface area (Å²) in [7, 11) is 0. The molecule has 0 saturated carbocycles. The molecule has 1 atom stereocenters. The monoisotopic (exact) mass is 406 g/mol. The van der Waals surface area contributed by atoms with Crippen LogP contribution in [0.15, 0.2) is 53.4 Å². The molecule has 0 unspecified atom stereocenters. The number of ketones is 1. The summed E-state index contributed by atoms with van der Waals surface area (Å²) < 4.78 is 5.41. The van der Waals surface area contributed by atoms with E-state index in [1.165, 1.54) is 12.0 Å². The number of nitrogens with zero attached hydrogens (tertiary/aromatic N) is 2. The van der Waals surface area contributed by atoms with Gasteiger partial charge in [0.05, 0.1) is 5.69 Å². The van der Waals surface area contributed by atoms with Crippen LogP contribution in [0.3, 0.4) is 0 Å². The van der Waals surface area contributed by atoms with Crippen LogP contribution in [0.2, 0.25) is 0 Å². The van der Waals surface area contributed by atoms with Gasteiger partial charge in [0, 0.05) is 42.8 Å². The first-order chi connectivity index (χ1) is 14.3. The zero-order valence-electron chi connectivity index (χ0n) is 18.2. The van der Waals surface area contributed by atoms with Crippen LogP contribution in [-0.4, -0.2) is 27.5 Å². The van der Waals surface area contributed by atoms with E-state index in [1.54, 1.807) is 6.20 Å². The largest absolute Gasteiger partial charge is 0.443 e. The van der Waals surface area contributed by atoms with Crippen molar-refractivity contribution in [3.05, 3.63) is 71.5 Å². The lowest BCUT2D eigenvalue weighted by Gasteiger charge is -2.19. The smallest absolute Gasteiger partial charge is 0.181 e. The van der Waals surface area contributed by atoms with Gasteiger partial charge in [-0.05, 0) is 42.0 Å². The summed E-state index contributed by atoms with van der Waals surface area (Å²) in [5.41, 5.74) is 4.83. The van der Waals surface area contributed by atoms with E-state index in [1.807, 2.05) is 31.2 Å². The molecule has 5 nitrogen and oxygen atoms in total. The molecule has 0 aliphatic heterocycles. The third-order valence-corrected chi connectivity index (χ3v) is 5.39. The van der Waals surface area contributed by atoms with Crippen LogP contribution < -0.4 is 0 Å². The lowest BCUT2D eigenvalue weighted by Crippen LogP contribution is -2.13. The number of aryl methyl sites for hydroxylation is 1. The van der Waals surface area contributed by atoms with Crippen LogP contribution in [0.5, 0.6) is 0 Å². The quantitative estimate of drug-likeness (QED) is 0.569. The molecule has 0 spiro atoms. The molecule has 0 radical (unpaired) electrons. The summed E-state index contributed by atoms with van der Waals surface area (Å²) in [4.78, 5) is 21.4. The molecule has 0 aliphatic rings. The molecular formula is C25H30N2O3. The molecule has 0 bridgehead atoms. The number of aromatic nitrogens is 2. The van der Waals surface area contributed by atoms with Crippen molar-refractivity contribution in [3.63, 3.8) is 0 Å². The van der Waals surface area contributed by atoms with Crippen molar-refractivity contribution in [1.82, 2.24) is 9.97 Å². The first-order valence-electron chi connectivity index (χ1n) is 10.4. The molecule has 30 heavy (non-hydrogen) atoms. The number of carbonyl (C=O) groups is 1. The maximum atomic E-state index is 12.7. The van der Waals surface area contributed by atoms with Crippen molar-refractivity contribution in [3.8, 4) is 11.3 Å². The third-order valence-electron chi connectivity index (χ3n) is 5.39. The molecule has 2 aromatic heterocycles. The minimum atomic E-state index is -0.110. The van der Waals surface area contributed by atoms with Crippen LogP contribution in [0.1, 0.15) is 62.0 Å². The summed E-state index contributed by atoms with van der Waals surface area (Å²) in [5, 5.41) is 9.49. The topological polar surface area (TPSA) is 76.2 Å². The highest BCUT2D eigenvalue weighted by molar-refractivity contribution is 5.81. The molecular weight excluding hydrogens is 376 g/mol. The number of pyridine rings is 1. The average Bonchev–Trinajstić information content (AvgIpc) is 3.13. The van der Waals surface area contributed by atoms with Gasteiger partial charge in [-0.3, -0.25) is 9.78 Å². The van der Waals surface area contributed by atoms with Crippen LogP contribution in [0.4, 0.5) is 0 Å². The first kappa shape index (κ1) is 21.9. The standard InChI is InChI=1S/C25H30N2O3/c1-17-24(30-16-27-17)20-7-10-23(26-15-20)19(11-12-28)14-22(29)13-18-5-8-21(9-6-18)25(2,3)4/h5-10,15-16,19,28H,11-14H2,1-4H3/t19-/m0/s1. The van der Waals surface area contributed by atoms with Crippen molar-refractivity contribution >= 4 is 5.78 Å². The number of Topliss-reactive ketones (excluding diaryl/α,β-unsaturated/α-hetero) is 1. The minimum Gasteiger partial charge on any atom is -0.443 e. The number of aliphatic hydroxyl groups excluding tert-OH is 1. The first-order valence-corrected chi connectivity index (χ1v) is 10.4. The van der Waals surface area contributed by atoms with Crippen molar-refractivity contribution in [2.75, 3.05) is 6.61 Å². The highest BCUT2D eigenvalue weighted by atomic mass is 16.3. The average molecular weight is 407 g/mol. The van der Waals surface area contributed by atoms with Crippen LogP contribution in [-0.2, 0) is 16.6 Å². The maximum Gasteiger partial charge on any atom is 0.181 e. The predicted molar refractivity (Wildman–Crippen MR) is 117 cm³/mol. The Kier molecular flexibility index (Phi) is 6.83. The number of aliphatic hydroxyl groups is 1. The van der Waals surface area contributed by atoms with Crippen molar-refractivity contribution in [2.45, 2.75) is 58.3 Å². The fourth-order valence-electron chi connectivity index (χ4n) is 3.57. The zero-order valence-corrected chi connectivity index (χ0v) is 18.2. The summed E-state index contributed by atoms with van der Waals surface area (Å²) in [6, 6.07) is 12.1. The van der Waals surface area contributed by atoms with Gasteiger partial charge in [-0.1, -0.05) is 45.0 Å². The Labute approximate surface area is 178 Å². The molecule has 158 valence electrons. The van der Waals surface area contributed by atoms with E-state index in [0.29, 0.717) is 25.0 Å². The number of hydrogen-bond donors (Lipinski definition) is 1. The summed E-state index contributed by atoms with van der Waals surface area (Å²) in [6.07, 6.45) is 4.40. The van der Waals surface area contributed by atoms with Gasteiger partial charge in [0.1, 0.15) is 5.78 Å². The Balaban J connectivity index is 1.67. The Hall–Kier alpha value is -2.79. The SMILES string of the molecule is Cc1ncoc1-c1ccc([C@@H](CCO)CC(=O)Cc2ccc(C(C)(C)C)cc2)nc1. The Morgan fingerprint density at radius 3 is 2.37 bits per heavy atom. The molecule has 0 saturated heterocycles. The molecule has 1 N–H and O–H groups in total. The van der Waals surface area contributed by atoms with E-state index in [2.05, 4.69) is 42.9 Å². The van der Waals surface area contributed by atoms with Crippen molar-refractivity contribution in [2.24, 2.45) is 0 Å². The normalized spacial score (nSPS) is 12.7. The summed E-state index contributed by atoms with van der Waals surface area (Å²) in [6.45, 7) is 8.43. The highest BCUT2D eigenvalue weighted by Gasteiger charge is 2.19. The number of hydrogen-bond acceptors (Lipinski definition) is 5. The fraction of sp³-hybridized carbons (Fsp3) is 0.400. The van der Waals surface area contributed by atoms with Gasteiger partial charge < -0.3 is 9.52 Å². The van der Waals surface area contributed by atoms with E-state index >= 15 is 0 Å². The van der Waals surface area contributed by atoms with Crippen LogP contribution >= 0.6 is 0 Å². The zero-order chi connectivity index (χ0) is 21.7. The predicted octanol–water partition coefficient (Wildman–Crippen LogP) is 5.01. The van der Waals surface area contributed by atoms with E-state index in [9.17, 15) is 9.90 Å². The second-order valence-electron chi connectivity index (χ2n) is 8.81. The molecule has 3 aromatic rings. The number of carbonyl (C=O) groups excluding carboxylic acids is 1. The molecule has 5 heteroatoms. The summed E-state index contributed by atoms with van der Waals surface area (Å²) in [5.74, 6) is 0.734.